The van der Waals surface area contributed by atoms with E-state index in [0.29, 0.717) is 18.1 Å². The van der Waals surface area contributed by atoms with Crippen molar-refractivity contribution < 1.29 is 4.79 Å². The summed E-state index contributed by atoms with van der Waals surface area (Å²) in [6.07, 6.45) is 3.85. The Balaban J connectivity index is 0.00000240. The predicted molar refractivity (Wildman–Crippen MR) is 118 cm³/mol. The minimum Gasteiger partial charge on any atom is -0.352 e. The zero-order valence-electron chi connectivity index (χ0n) is 16.1. The van der Waals surface area contributed by atoms with Crippen molar-refractivity contribution in [2.75, 3.05) is 13.1 Å². The van der Waals surface area contributed by atoms with Crippen LogP contribution in [0.15, 0.2) is 60.9 Å². The van der Waals surface area contributed by atoms with E-state index >= 15 is 0 Å². The quantitative estimate of drug-likeness (QED) is 0.647. The molecule has 1 saturated heterocycles. The second-order valence-corrected chi connectivity index (χ2v) is 7.64. The van der Waals surface area contributed by atoms with Gasteiger partial charge in [0.1, 0.15) is 0 Å². The van der Waals surface area contributed by atoms with Crippen LogP contribution in [0.4, 0.5) is 0 Å². The molecule has 0 bridgehead atoms. The third kappa shape index (κ3) is 4.81. The Bertz CT molecular complexity index is 971. The van der Waals surface area contributed by atoms with Gasteiger partial charge in [-0.3, -0.25) is 9.48 Å². The molecule has 1 aromatic heterocycles. The normalized spacial score (nSPS) is 18.3. The molecular weight excluding hydrogens is 407 g/mol. The first-order valence-corrected chi connectivity index (χ1v) is 9.80. The maximum Gasteiger partial charge on any atom is 0.225 e. The van der Waals surface area contributed by atoms with Gasteiger partial charge in [0.25, 0.3) is 0 Å². The number of aryl methyl sites for hydroxylation is 1. The molecule has 4 rings (SSSR count). The van der Waals surface area contributed by atoms with Crippen molar-refractivity contribution in [3.8, 4) is 11.1 Å². The summed E-state index contributed by atoms with van der Waals surface area (Å²) < 4.78 is 1.78. The van der Waals surface area contributed by atoms with Crippen LogP contribution in [-0.4, -0.2) is 28.8 Å². The Morgan fingerprint density at radius 2 is 1.97 bits per heavy atom. The number of amides is 1. The smallest absolute Gasteiger partial charge is 0.225 e. The van der Waals surface area contributed by atoms with Gasteiger partial charge >= 0.3 is 0 Å². The van der Waals surface area contributed by atoms with E-state index in [1.807, 2.05) is 55.8 Å². The molecule has 152 valence electrons. The Labute approximate surface area is 181 Å². The van der Waals surface area contributed by atoms with Gasteiger partial charge < -0.3 is 10.6 Å². The van der Waals surface area contributed by atoms with Gasteiger partial charge in [0.15, 0.2) is 0 Å². The fourth-order valence-electron chi connectivity index (χ4n) is 3.84. The number of halogens is 2. The first-order valence-electron chi connectivity index (χ1n) is 9.42. The highest BCUT2D eigenvalue weighted by molar-refractivity contribution is 6.30. The molecule has 0 saturated carbocycles. The molecule has 2 heterocycles. The molecule has 3 aromatic rings. The average molecular weight is 431 g/mol. The number of hydrogen-bond acceptors (Lipinski definition) is 3. The lowest BCUT2D eigenvalue weighted by atomic mass is 9.90. The second-order valence-electron chi connectivity index (χ2n) is 7.20. The van der Waals surface area contributed by atoms with Crippen LogP contribution in [0.3, 0.4) is 0 Å². The minimum atomic E-state index is -0.0908. The molecule has 0 aliphatic carbocycles. The first kappa shape index (κ1) is 21.4. The number of carbonyl (C=O) groups excluding carboxylic acids is 1. The fraction of sp³-hybridized carbons (Fsp3) is 0.273. The summed E-state index contributed by atoms with van der Waals surface area (Å²) in [7, 11) is 1.90. The highest BCUT2D eigenvalue weighted by Gasteiger charge is 2.34. The molecule has 1 aliphatic heterocycles. The van der Waals surface area contributed by atoms with Crippen LogP contribution in [0.2, 0.25) is 5.02 Å². The van der Waals surface area contributed by atoms with Gasteiger partial charge in [0, 0.05) is 43.8 Å². The van der Waals surface area contributed by atoms with E-state index in [-0.39, 0.29) is 30.2 Å². The summed E-state index contributed by atoms with van der Waals surface area (Å²) in [6, 6.07) is 15.9. The number of benzene rings is 2. The van der Waals surface area contributed by atoms with Crippen molar-refractivity contribution in [1.29, 1.82) is 0 Å². The molecule has 1 aliphatic rings. The molecule has 0 radical (unpaired) electrons. The van der Waals surface area contributed by atoms with Crippen LogP contribution in [-0.2, 0) is 18.4 Å². The maximum absolute atomic E-state index is 12.9. The molecule has 1 amide bonds. The molecule has 0 spiro atoms. The first-order chi connectivity index (χ1) is 13.6. The van der Waals surface area contributed by atoms with Gasteiger partial charge in [-0.25, -0.2) is 0 Å². The zero-order valence-corrected chi connectivity index (χ0v) is 17.7. The van der Waals surface area contributed by atoms with Gasteiger partial charge in [-0.05, 0) is 34.4 Å². The number of nitrogens with zero attached hydrogens (tertiary/aromatic N) is 2. The van der Waals surface area contributed by atoms with Gasteiger partial charge in [-0.2, -0.15) is 5.10 Å². The Hall–Kier alpha value is -2.34. The number of carbonyl (C=O) groups is 1. The van der Waals surface area contributed by atoms with Crippen molar-refractivity contribution in [3.63, 3.8) is 0 Å². The van der Waals surface area contributed by atoms with E-state index in [0.717, 1.165) is 28.8 Å². The van der Waals surface area contributed by atoms with Crippen molar-refractivity contribution in [3.05, 3.63) is 77.1 Å². The number of aromatic nitrogens is 2. The molecule has 2 N–H and O–H groups in total. The molecule has 5 nitrogen and oxygen atoms in total. The lowest BCUT2D eigenvalue weighted by Crippen LogP contribution is -2.34. The predicted octanol–water partition coefficient (Wildman–Crippen LogP) is 3.78. The summed E-state index contributed by atoms with van der Waals surface area (Å²) in [4.78, 5) is 12.9. The van der Waals surface area contributed by atoms with Crippen LogP contribution in [0.1, 0.15) is 17.0 Å². The number of hydrogen-bond donors (Lipinski definition) is 2. The van der Waals surface area contributed by atoms with Gasteiger partial charge in [0.2, 0.25) is 5.91 Å². The van der Waals surface area contributed by atoms with Crippen molar-refractivity contribution in [1.82, 2.24) is 20.4 Å². The molecule has 2 atom stereocenters. The number of rotatable bonds is 5. The van der Waals surface area contributed by atoms with Gasteiger partial charge in [-0.15, -0.1) is 12.4 Å². The van der Waals surface area contributed by atoms with E-state index < -0.39 is 0 Å². The average Bonchev–Trinajstić information content (AvgIpc) is 3.36. The summed E-state index contributed by atoms with van der Waals surface area (Å²) in [5.74, 6) is 0.136. The molecule has 7 heteroatoms. The van der Waals surface area contributed by atoms with Gasteiger partial charge in [0.05, 0.1) is 12.1 Å². The van der Waals surface area contributed by atoms with Crippen LogP contribution in [0, 0.1) is 5.92 Å². The fourth-order valence-corrected chi connectivity index (χ4v) is 3.96. The van der Waals surface area contributed by atoms with Crippen molar-refractivity contribution >= 4 is 29.9 Å². The Morgan fingerprint density at radius 1 is 1.21 bits per heavy atom. The van der Waals surface area contributed by atoms with Crippen LogP contribution < -0.4 is 10.6 Å². The van der Waals surface area contributed by atoms with E-state index in [9.17, 15) is 4.79 Å². The van der Waals surface area contributed by atoms with Crippen LogP contribution >= 0.6 is 24.0 Å². The maximum atomic E-state index is 12.9. The van der Waals surface area contributed by atoms with Gasteiger partial charge in [-0.1, -0.05) is 48.0 Å². The largest absolute Gasteiger partial charge is 0.352 e. The summed E-state index contributed by atoms with van der Waals surface area (Å²) in [5, 5.41) is 11.4. The lowest BCUT2D eigenvalue weighted by Gasteiger charge is -2.18. The highest BCUT2D eigenvalue weighted by atomic mass is 35.5. The molecule has 29 heavy (non-hydrogen) atoms. The monoisotopic (exact) mass is 430 g/mol. The van der Waals surface area contributed by atoms with E-state index in [1.165, 1.54) is 0 Å². The van der Waals surface area contributed by atoms with E-state index in [4.69, 9.17) is 11.6 Å². The summed E-state index contributed by atoms with van der Waals surface area (Å²) in [6.45, 7) is 1.98. The SMILES string of the molecule is Cl.Cn1cc([C@H]2CNC[C@@H]2C(=O)NCc2ccccc2-c2ccc(Cl)cc2)cn1. The van der Waals surface area contributed by atoms with Crippen LogP contribution in [0.25, 0.3) is 11.1 Å². The molecule has 2 aromatic carbocycles. The van der Waals surface area contributed by atoms with E-state index in [1.54, 1.807) is 4.68 Å². The third-order valence-electron chi connectivity index (χ3n) is 5.33. The van der Waals surface area contributed by atoms with Crippen LogP contribution in [0.5, 0.6) is 0 Å². The summed E-state index contributed by atoms with van der Waals surface area (Å²) in [5.41, 5.74) is 4.38. The lowest BCUT2D eigenvalue weighted by molar-refractivity contribution is -0.125. The number of nitrogens with one attached hydrogen (secondary N) is 2. The second kappa shape index (κ2) is 9.44. The molecular formula is C22H24Cl2N4O. The standard InChI is InChI=1S/C22H23ClN4O.ClH/c1-27-14-17(11-26-27)20-12-24-13-21(20)22(28)25-10-16-4-2-3-5-19(16)15-6-8-18(23)9-7-15;/h2-9,11,14,20-21,24H,10,12-13H2,1H3,(H,25,28);1H/t20-,21+;/m1./s1. The molecule has 1 fully saturated rings. The van der Waals surface area contributed by atoms with E-state index in [2.05, 4.69) is 27.9 Å². The Morgan fingerprint density at radius 3 is 2.69 bits per heavy atom. The summed E-state index contributed by atoms with van der Waals surface area (Å²) >= 11 is 6.01. The topological polar surface area (TPSA) is 59.0 Å². The van der Waals surface area contributed by atoms with Crippen molar-refractivity contribution in [2.24, 2.45) is 13.0 Å². The Kier molecular flexibility index (Phi) is 6.96. The third-order valence-corrected chi connectivity index (χ3v) is 5.58. The highest BCUT2D eigenvalue weighted by Crippen LogP contribution is 2.29. The molecule has 0 unspecified atom stereocenters. The zero-order chi connectivity index (χ0) is 19.5. The minimum absolute atomic E-state index is 0. The van der Waals surface area contributed by atoms with Crippen molar-refractivity contribution in [2.45, 2.75) is 12.5 Å².